The molecule has 172 valence electrons. The van der Waals surface area contributed by atoms with Crippen molar-refractivity contribution in [3.8, 4) is 0 Å². The van der Waals surface area contributed by atoms with Crippen LogP contribution in [-0.2, 0) is 15.7 Å². The van der Waals surface area contributed by atoms with Crippen LogP contribution < -0.4 is 16.1 Å². The predicted molar refractivity (Wildman–Crippen MR) is 110 cm³/mol. The molecular formula is C21H23F3N4O4. The molecule has 3 rings (SSSR count). The summed E-state index contributed by atoms with van der Waals surface area (Å²) in [5, 5.41) is 16.5. The van der Waals surface area contributed by atoms with Gasteiger partial charge in [-0.15, -0.1) is 0 Å². The number of benzene rings is 2. The third-order valence-electron chi connectivity index (χ3n) is 4.72. The lowest BCUT2D eigenvalue weighted by Crippen LogP contribution is -2.56. The van der Waals surface area contributed by atoms with Gasteiger partial charge in [0.1, 0.15) is 6.04 Å². The van der Waals surface area contributed by atoms with Crippen molar-refractivity contribution < 1.29 is 32.6 Å². The highest BCUT2D eigenvalue weighted by atomic mass is 19.4. The summed E-state index contributed by atoms with van der Waals surface area (Å²) < 4.78 is 44.1. The number of hydrogen-bond donors (Lipinski definition) is 4. The quantitative estimate of drug-likeness (QED) is 0.512. The number of morpholine rings is 1. The zero-order valence-corrected chi connectivity index (χ0v) is 17.0. The molecule has 0 radical (unpaired) electrons. The van der Waals surface area contributed by atoms with Crippen molar-refractivity contribution in [3.63, 3.8) is 0 Å². The van der Waals surface area contributed by atoms with Gasteiger partial charge in [-0.25, -0.2) is 5.01 Å². The molecule has 2 amide bonds. The Kier molecular flexibility index (Phi) is 7.67. The number of anilines is 2. The number of aliphatic hydroxyl groups is 1. The molecule has 4 N–H and O–H groups in total. The topological polar surface area (TPSA) is 103 Å². The molecule has 11 heteroatoms. The van der Waals surface area contributed by atoms with E-state index in [9.17, 15) is 27.9 Å². The lowest BCUT2D eigenvalue weighted by molar-refractivity contribution is -0.137. The number of hydrogen-bond acceptors (Lipinski definition) is 6. The minimum Gasteiger partial charge on any atom is -0.394 e. The second-order valence-electron chi connectivity index (χ2n) is 7.03. The Labute approximate surface area is 182 Å². The van der Waals surface area contributed by atoms with Crippen LogP contribution in [-0.4, -0.2) is 60.9 Å². The van der Waals surface area contributed by atoms with Crippen LogP contribution in [0.25, 0.3) is 0 Å². The van der Waals surface area contributed by atoms with Gasteiger partial charge in [-0.2, -0.15) is 13.2 Å². The Balaban J connectivity index is 1.71. The number of carbonyl (C=O) groups is 2. The lowest BCUT2D eigenvalue weighted by atomic mass is 10.1. The van der Waals surface area contributed by atoms with Crippen LogP contribution in [0.1, 0.15) is 15.9 Å². The molecule has 0 saturated carbocycles. The minimum atomic E-state index is -4.50. The second-order valence-corrected chi connectivity index (χ2v) is 7.03. The molecular weight excluding hydrogens is 429 g/mol. The average molecular weight is 452 g/mol. The first kappa shape index (κ1) is 23.5. The van der Waals surface area contributed by atoms with Gasteiger partial charge in [-0.3, -0.25) is 15.0 Å². The number of ether oxygens (including phenoxy) is 1. The Morgan fingerprint density at radius 2 is 1.81 bits per heavy atom. The fourth-order valence-electron chi connectivity index (χ4n) is 3.06. The maximum absolute atomic E-state index is 13.0. The maximum atomic E-state index is 13.0. The van der Waals surface area contributed by atoms with E-state index in [1.807, 2.05) is 0 Å². The molecule has 2 aromatic rings. The molecule has 8 nitrogen and oxygen atoms in total. The van der Waals surface area contributed by atoms with Crippen molar-refractivity contribution in [2.45, 2.75) is 12.2 Å². The molecule has 0 unspecified atom stereocenters. The molecule has 1 heterocycles. The molecule has 32 heavy (non-hydrogen) atoms. The lowest BCUT2D eigenvalue weighted by Gasteiger charge is -2.28. The van der Waals surface area contributed by atoms with E-state index < -0.39 is 36.2 Å². The number of nitrogens with one attached hydrogen (secondary N) is 3. The van der Waals surface area contributed by atoms with Crippen LogP contribution in [0.3, 0.4) is 0 Å². The average Bonchev–Trinajstić information content (AvgIpc) is 2.78. The molecule has 1 saturated heterocycles. The Bertz CT molecular complexity index is 949. The molecule has 0 spiro atoms. The summed E-state index contributed by atoms with van der Waals surface area (Å²) in [7, 11) is 0. The molecule has 0 aromatic heterocycles. The van der Waals surface area contributed by atoms with Crippen LogP contribution in [0.2, 0.25) is 0 Å². The first-order valence-electron chi connectivity index (χ1n) is 9.86. The summed E-state index contributed by atoms with van der Waals surface area (Å²) in [6.45, 7) is 1.21. The summed E-state index contributed by atoms with van der Waals surface area (Å²) in [5.74, 6) is -1.26. The van der Waals surface area contributed by atoms with Gasteiger partial charge in [0.15, 0.2) is 0 Å². The number of amides is 2. The third-order valence-corrected chi connectivity index (χ3v) is 4.72. The zero-order valence-electron chi connectivity index (χ0n) is 17.0. The van der Waals surface area contributed by atoms with Crippen molar-refractivity contribution in [3.05, 3.63) is 59.7 Å². The molecule has 1 aliphatic heterocycles. The van der Waals surface area contributed by atoms with Gasteiger partial charge < -0.3 is 20.5 Å². The van der Waals surface area contributed by atoms with E-state index in [1.165, 1.54) is 24.3 Å². The van der Waals surface area contributed by atoms with E-state index in [0.29, 0.717) is 26.3 Å². The molecule has 2 aromatic carbocycles. The van der Waals surface area contributed by atoms with E-state index >= 15 is 0 Å². The van der Waals surface area contributed by atoms with Crippen molar-refractivity contribution >= 4 is 23.2 Å². The van der Waals surface area contributed by atoms with Crippen LogP contribution in [0, 0.1) is 0 Å². The van der Waals surface area contributed by atoms with Crippen LogP contribution in [0.5, 0.6) is 0 Å². The van der Waals surface area contributed by atoms with Gasteiger partial charge in [0.25, 0.3) is 11.8 Å². The zero-order chi connectivity index (χ0) is 23.1. The van der Waals surface area contributed by atoms with Crippen molar-refractivity contribution in [1.29, 1.82) is 0 Å². The van der Waals surface area contributed by atoms with Gasteiger partial charge in [-0.1, -0.05) is 18.2 Å². The number of rotatable bonds is 7. The van der Waals surface area contributed by atoms with Crippen LogP contribution >= 0.6 is 0 Å². The first-order chi connectivity index (χ1) is 15.3. The molecule has 1 atom stereocenters. The van der Waals surface area contributed by atoms with Crippen LogP contribution in [0.4, 0.5) is 24.5 Å². The van der Waals surface area contributed by atoms with Gasteiger partial charge in [0.2, 0.25) is 0 Å². The fourth-order valence-corrected chi connectivity index (χ4v) is 3.06. The number of halogens is 3. The van der Waals surface area contributed by atoms with Crippen LogP contribution in [0.15, 0.2) is 48.5 Å². The number of hydrazine groups is 1. The fraction of sp³-hybridized carbons (Fsp3) is 0.333. The monoisotopic (exact) mass is 452 g/mol. The predicted octanol–water partition coefficient (Wildman–Crippen LogP) is 1.90. The largest absolute Gasteiger partial charge is 0.416 e. The number of aliphatic hydroxyl groups excluding tert-OH is 1. The van der Waals surface area contributed by atoms with Gasteiger partial charge in [0.05, 0.1) is 36.6 Å². The molecule has 0 bridgehead atoms. The van der Waals surface area contributed by atoms with Gasteiger partial charge >= 0.3 is 6.18 Å². The van der Waals surface area contributed by atoms with Gasteiger partial charge in [-0.05, 0) is 30.3 Å². The third kappa shape index (κ3) is 6.19. The molecule has 0 aliphatic carbocycles. The first-order valence-corrected chi connectivity index (χ1v) is 9.86. The Morgan fingerprint density at radius 1 is 1.09 bits per heavy atom. The number of nitrogens with zero attached hydrogens (tertiary/aromatic N) is 1. The standard InChI is InChI=1S/C21H23F3N4O4/c22-21(23,24)14-4-3-5-15(12-14)25-17-7-2-1-6-16(17)19(30)26-18(13-29)20(31)27-28-8-10-32-11-9-28/h1-7,12,18,25,29H,8-11,13H2,(H,26,30)(H,27,31)/t18-/m0/s1. The van der Waals surface area contributed by atoms with E-state index in [0.717, 1.165) is 12.1 Å². The number of para-hydroxylation sites is 1. The summed E-state index contributed by atoms with van der Waals surface area (Å²) in [6, 6.07) is 9.53. The minimum absolute atomic E-state index is 0.0996. The summed E-state index contributed by atoms with van der Waals surface area (Å²) >= 11 is 0. The summed E-state index contributed by atoms with van der Waals surface area (Å²) in [5.41, 5.74) is 2.28. The van der Waals surface area contributed by atoms with E-state index in [2.05, 4.69) is 16.1 Å². The highest BCUT2D eigenvalue weighted by Gasteiger charge is 2.30. The SMILES string of the molecule is O=C(N[C@@H](CO)C(=O)NN1CCOCC1)c1ccccc1Nc1cccc(C(F)(F)F)c1. The smallest absolute Gasteiger partial charge is 0.394 e. The van der Waals surface area contributed by atoms with E-state index in [1.54, 1.807) is 17.1 Å². The summed E-state index contributed by atoms with van der Waals surface area (Å²) in [6.07, 6.45) is -4.50. The van der Waals surface area contributed by atoms with Crippen molar-refractivity contribution in [2.24, 2.45) is 0 Å². The summed E-state index contributed by atoms with van der Waals surface area (Å²) in [4.78, 5) is 25.2. The highest BCUT2D eigenvalue weighted by molar-refractivity contribution is 6.02. The van der Waals surface area contributed by atoms with Crippen molar-refractivity contribution in [1.82, 2.24) is 15.8 Å². The number of carbonyl (C=O) groups excluding carboxylic acids is 2. The normalized spacial score (nSPS) is 15.6. The molecule has 1 aliphatic rings. The van der Waals surface area contributed by atoms with E-state index in [4.69, 9.17) is 4.74 Å². The Hall–Kier alpha value is -3.15. The maximum Gasteiger partial charge on any atom is 0.416 e. The van der Waals surface area contributed by atoms with Crippen molar-refractivity contribution in [2.75, 3.05) is 38.2 Å². The number of alkyl halides is 3. The molecule has 1 fully saturated rings. The van der Waals surface area contributed by atoms with Gasteiger partial charge in [0, 0.05) is 18.8 Å². The highest BCUT2D eigenvalue weighted by Crippen LogP contribution is 2.31. The van der Waals surface area contributed by atoms with E-state index in [-0.39, 0.29) is 16.9 Å². The second kappa shape index (κ2) is 10.4. The Morgan fingerprint density at radius 3 is 2.50 bits per heavy atom.